The van der Waals surface area contributed by atoms with Gasteiger partial charge in [-0.2, -0.15) is 0 Å². The van der Waals surface area contributed by atoms with E-state index in [2.05, 4.69) is 14.9 Å². The second-order valence-corrected chi connectivity index (χ2v) is 7.52. The Balaban J connectivity index is 1.47. The third-order valence-corrected chi connectivity index (χ3v) is 5.78. The van der Waals surface area contributed by atoms with E-state index < -0.39 is 0 Å². The smallest absolute Gasteiger partial charge is 0.303 e. The van der Waals surface area contributed by atoms with Crippen molar-refractivity contribution in [1.29, 1.82) is 0 Å². The van der Waals surface area contributed by atoms with Gasteiger partial charge in [0.05, 0.1) is 5.56 Å². The SMILES string of the molecule is Cc1csc(-c2cn(CCCN3CC4CC4C3)c(=O)[nH]c2=O)n1. The van der Waals surface area contributed by atoms with E-state index in [4.69, 9.17) is 0 Å². The van der Waals surface area contributed by atoms with Crippen molar-refractivity contribution in [2.24, 2.45) is 11.8 Å². The monoisotopic (exact) mass is 332 g/mol. The van der Waals surface area contributed by atoms with Crippen LogP contribution in [0.5, 0.6) is 0 Å². The molecule has 1 saturated carbocycles. The molecule has 0 radical (unpaired) electrons. The number of rotatable bonds is 5. The number of aromatic nitrogens is 3. The topological polar surface area (TPSA) is 71.0 Å². The number of aromatic amines is 1. The molecule has 122 valence electrons. The molecule has 2 aromatic heterocycles. The molecule has 0 aromatic carbocycles. The van der Waals surface area contributed by atoms with Gasteiger partial charge in [-0.25, -0.2) is 9.78 Å². The number of piperidine rings is 1. The van der Waals surface area contributed by atoms with Gasteiger partial charge in [-0.05, 0) is 38.1 Å². The standard InChI is InChI=1S/C16H20N4O2S/c1-10-9-23-15(17-10)13-8-20(16(22)18-14(13)21)4-2-3-19-6-11-5-12(11)7-19/h8-9,11-12H,2-7H2,1H3,(H,18,21,22). The highest BCUT2D eigenvalue weighted by molar-refractivity contribution is 7.13. The van der Waals surface area contributed by atoms with Gasteiger partial charge in [-0.1, -0.05) is 0 Å². The minimum Gasteiger partial charge on any atom is -0.303 e. The Morgan fingerprint density at radius 3 is 2.78 bits per heavy atom. The van der Waals surface area contributed by atoms with Crippen molar-refractivity contribution in [2.75, 3.05) is 19.6 Å². The molecule has 3 heterocycles. The molecule has 23 heavy (non-hydrogen) atoms. The van der Waals surface area contributed by atoms with E-state index in [1.54, 1.807) is 10.8 Å². The van der Waals surface area contributed by atoms with Crippen LogP contribution in [0.1, 0.15) is 18.5 Å². The zero-order chi connectivity index (χ0) is 16.0. The molecule has 0 spiro atoms. The van der Waals surface area contributed by atoms with Gasteiger partial charge >= 0.3 is 5.69 Å². The molecule has 2 aromatic rings. The minimum absolute atomic E-state index is 0.337. The Hall–Kier alpha value is -1.73. The van der Waals surface area contributed by atoms with Crippen molar-refractivity contribution in [3.8, 4) is 10.6 Å². The van der Waals surface area contributed by atoms with Gasteiger partial charge in [0.2, 0.25) is 0 Å². The number of fused-ring (bicyclic) bond motifs is 1. The maximum Gasteiger partial charge on any atom is 0.328 e. The van der Waals surface area contributed by atoms with Gasteiger partial charge in [0.15, 0.2) is 0 Å². The first-order valence-electron chi connectivity index (χ1n) is 8.09. The summed E-state index contributed by atoms with van der Waals surface area (Å²) in [6.07, 6.45) is 3.98. The molecule has 7 heteroatoms. The second-order valence-electron chi connectivity index (χ2n) is 6.66. The van der Waals surface area contributed by atoms with E-state index in [0.29, 0.717) is 17.1 Å². The molecular formula is C16H20N4O2S. The fourth-order valence-electron chi connectivity index (χ4n) is 3.45. The summed E-state index contributed by atoms with van der Waals surface area (Å²) in [6, 6.07) is 0. The van der Waals surface area contributed by atoms with E-state index >= 15 is 0 Å². The third-order valence-electron chi connectivity index (χ3n) is 4.79. The predicted molar refractivity (Wildman–Crippen MR) is 89.8 cm³/mol. The van der Waals surface area contributed by atoms with Gasteiger partial charge in [0.25, 0.3) is 5.56 Å². The first-order valence-corrected chi connectivity index (χ1v) is 8.97. The number of likely N-dealkylation sites (tertiary alicyclic amines) is 1. The summed E-state index contributed by atoms with van der Waals surface area (Å²) in [5.74, 6) is 1.87. The molecular weight excluding hydrogens is 312 g/mol. The Kier molecular flexibility index (Phi) is 3.69. The van der Waals surface area contributed by atoms with Gasteiger partial charge in [-0.15, -0.1) is 11.3 Å². The second kappa shape index (κ2) is 5.72. The third kappa shape index (κ3) is 3.03. The van der Waals surface area contributed by atoms with Crippen molar-refractivity contribution in [3.05, 3.63) is 38.1 Å². The zero-order valence-corrected chi connectivity index (χ0v) is 13.9. The van der Waals surface area contributed by atoms with Gasteiger partial charge in [-0.3, -0.25) is 14.3 Å². The Bertz CT molecular complexity index is 827. The molecule has 1 N–H and O–H groups in total. The van der Waals surface area contributed by atoms with Gasteiger partial charge < -0.3 is 4.90 Å². The molecule has 2 unspecified atom stereocenters. The van der Waals surface area contributed by atoms with E-state index in [1.165, 1.54) is 30.8 Å². The molecule has 1 aliphatic carbocycles. The maximum atomic E-state index is 12.0. The van der Waals surface area contributed by atoms with Crippen LogP contribution in [0.3, 0.4) is 0 Å². The maximum absolute atomic E-state index is 12.0. The highest BCUT2D eigenvalue weighted by Crippen LogP contribution is 2.44. The van der Waals surface area contributed by atoms with E-state index in [9.17, 15) is 9.59 Å². The number of nitrogens with zero attached hydrogens (tertiary/aromatic N) is 3. The zero-order valence-electron chi connectivity index (χ0n) is 13.1. The number of thiazole rings is 1. The summed E-state index contributed by atoms with van der Waals surface area (Å²) in [6.45, 7) is 5.97. The first-order chi connectivity index (χ1) is 11.1. The first kappa shape index (κ1) is 14.8. The lowest BCUT2D eigenvalue weighted by molar-refractivity contribution is 0.293. The molecule has 0 bridgehead atoms. The van der Waals surface area contributed by atoms with Crippen LogP contribution in [0.4, 0.5) is 0 Å². The summed E-state index contributed by atoms with van der Waals surface area (Å²) in [7, 11) is 0. The van der Waals surface area contributed by atoms with E-state index in [1.807, 2.05) is 12.3 Å². The summed E-state index contributed by atoms with van der Waals surface area (Å²) >= 11 is 1.43. The Morgan fingerprint density at radius 1 is 1.30 bits per heavy atom. The number of aryl methyl sites for hydroxylation is 2. The van der Waals surface area contributed by atoms with Crippen molar-refractivity contribution in [1.82, 2.24) is 19.4 Å². The summed E-state index contributed by atoms with van der Waals surface area (Å²) in [4.78, 5) is 33.3. The fraction of sp³-hybridized carbons (Fsp3) is 0.562. The quantitative estimate of drug-likeness (QED) is 0.896. The van der Waals surface area contributed by atoms with Crippen molar-refractivity contribution in [2.45, 2.75) is 26.3 Å². The lowest BCUT2D eigenvalue weighted by atomic mass is 10.3. The highest BCUT2D eigenvalue weighted by Gasteiger charge is 2.44. The van der Waals surface area contributed by atoms with E-state index in [-0.39, 0.29) is 11.2 Å². The number of hydrogen-bond donors (Lipinski definition) is 1. The van der Waals surface area contributed by atoms with Gasteiger partial charge in [0, 0.05) is 36.9 Å². The predicted octanol–water partition coefficient (Wildman–Crippen LogP) is 1.31. The molecule has 1 aliphatic heterocycles. The number of H-pyrrole nitrogens is 1. The van der Waals surface area contributed by atoms with Gasteiger partial charge in [0.1, 0.15) is 5.01 Å². The lowest BCUT2D eigenvalue weighted by Crippen LogP contribution is -2.32. The molecule has 2 fully saturated rings. The average molecular weight is 332 g/mol. The molecule has 6 nitrogen and oxygen atoms in total. The summed E-state index contributed by atoms with van der Waals surface area (Å²) in [5.41, 5.74) is 0.663. The molecule has 2 atom stereocenters. The average Bonchev–Trinajstić information content (AvgIpc) is 2.92. The van der Waals surface area contributed by atoms with Crippen LogP contribution in [-0.2, 0) is 6.54 Å². The molecule has 1 saturated heterocycles. The van der Waals surface area contributed by atoms with Crippen LogP contribution < -0.4 is 11.2 Å². The summed E-state index contributed by atoms with van der Waals surface area (Å²) < 4.78 is 1.60. The van der Waals surface area contributed by atoms with Crippen LogP contribution in [0.2, 0.25) is 0 Å². The summed E-state index contributed by atoms with van der Waals surface area (Å²) in [5, 5.41) is 2.57. The fourth-order valence-corrected chi connectivity index (χ4v) is 4.25. The van der Waals surface area contributed by atoms with Crippen molar-refractivity contribution < 1.29 is 0 Å². The van der Waals surface area contributed by atoms with Crippen LogP contribution in [0.25, 0.3) is 10.6 Å². The van der Waals surface area contributed by atoms with Crippen LogP contribution in [0.15, 0.2) is 21.2 Å². The van der Waals surface area contributed by atoms with Crippen molar-refractivity contribution >= 4 is 11.3 Å². The normalized spacial score (nSPS) is 23.2. The van der Waals surface area contributed by atoms with E-state index in [0.717, 1.165) is 30.5 Å². The number of hydrogen-bond acceptors (Lipinski definition) is 5. The lowest BCUT2D eigenvalue weighted by Gasteiger charge is -2.17. The molecule has 2 aliphatic rings. The van der Waals surface area contributed by atoms with Crippen LogP contribution in [-0.4, -0.2) is 39.1 Å². The Morgan fingerprint density at radius 2 is 2.09 bits per heavy atom. The highest BCUT2D eigenvalue weighted by atomic mass is 32.1. The molecule has 4 rings (SSSR count). The minimum atomic E-state index is -0.361. The van der Waals surface area contributed by atoms with Crippen LogP contribution in [0, 0.1) is 18.8 Å². The van der Waals surface area contributed by atoms with Crippen molar-refractivity contribution in [3.63, 3.8) is 0 Å². The largest absolute Gasteiger partial charge is 0.328 e. The Labute approximate surface area is 137 Å². The number of nitrogens with one attached hydrogen (secondary N) is 1. The van der Waals surface area contributed by atoms with Crippen LogP contribution >= 0.6 is 11.3 Å². The molecule has 0 amide bonds.